The predicted octanol–water partition coefficient (Wildman–Crippen LogP) is 3.35. The highest BCUT2D eigenvalue weighted by molar-refractivity contribution is 5.97. The van der Waals surface area contributed by atoms with Crippen molar-refractivity contribution < 1.29 is 23.4 Å². The molecule has 7 nitrogen and oxygen atoms in total. The summed E-state index contributed by atoms with van der Waals surface area (Å²) in [6.45, 7) is 1.03. The van der Waals surface area contributed by atoms with E-state index < -0.39 is 22.8 Å². The lowest BCUT2D eigenvalue weighted by Crippen LogP contribution is -2.32. The lowest BCUT2D eigenvalue weighted by Gasteiger charge is -2.32. The van der Waals surface area contributed by atoms with Crippen LogP contribution in [0.4, 0.5) is 14.5 Å². The van der Waals surface area contributed by atoms with Gasteiger partial charge in [-0.3, -0.25) is 4.79 Å². The summed E-state index contributed by atoms with van der Waals surface area (Å²) < 4.78 is 36.7. The van der Waals surface area contributed by atoms with E-state index in [4.69, 9.17) is 10.5 Å². The molecule has 1 aromatic carbocycles. The van der Waals surface area contributed by atoms with Gasteiger partial charge in [0.05, 0.1) is 18.0 Å². The maximum Gasteiger partial charge on any atom is 0.341 e. The van der Waals surface area contributed by atoms with Gasteiger partial charge in [-0.15, -0.1) is 0 Å². The highest BCUT2D eigenvalue weighted by Crippen LogP contribution is 2.44. The van der Waals surface area contributed by atoms with Crippen LogP contribution in [0.3, 0.4) is 0 Å². The van der Waals surface area contributed by atoms with E-state index >= 15 is 4.39 Å². The van der Waals surface area contributed by atoms with Crippen molar-refractivity contribution in [3.05, 3.63) is 45.3 Å². The standard InChI is InChI=1S/C22H25F2N3O4/c1-31-21-18-14(20(28)15(22(29)30)11-27(18)13-2-3-13)10-17(24)19(21)26-8-5-12(6-9-26)16(23)4-7-25/h10-11,13H,2-9,25H2,1H3,(H,29,30). The number of nitrogens with two attached hydrogens (primary N) is 1. The fourth-order valence-corrected chi connectivity index (χ4v) is 4.30. The second-order valence-electron chi connectivity index (χ2n) is 7.99. The van der Waals surface area contributed by atoms with Gasteiger partial charge in [0.15, 0.2) is 11.6 Å². The molecule has 2 aliphatic rings. The average Bonchev–Trinajstić information content (AvgIpc) is 3.59. The van der Waals surface area contributed by atoms with E-state index in [2.05, 4.69) is 0 Å². The van der Waals surface area contributed by atoms with Crippen LogP contribution < -0.4 is 20.8 Å². The van der Waals surface area contributed by atoms with E-state index in [1.165, 1.54) is 13.3 Å². The Labute approximate surface area is 177 Å². The molecule has 1 saturated carbocycles. The summed E-state index contributed by atoms with van der Waals surface area (Å²) in [5, 5.41) is 9.41. The number of hydrogen-bond donors (Lipinski definition) is 2. The molecule has 0 amide bonds. The molecule has 4 rings (SSSR count). The number of ether oxygens (including phenoxy) is 1. The molecule has 0 bridgehead atoms. The zero-order chi connectivity index (χ0) is 22.3. The second-order valence-corrected chi connectivity index (χ2v) is 7.99. The van der Waals surface area contributed by atoms with E-state index in [0.29, 0.717) is 37.0 Å². The normalized spacial score (nSPS) is 16.6. The van der Waals surface area contributed by atoms with Crippen molar-refractivity contribution in [1.82, 2.24) is 4.57 Å². The molecule has 2 fully saturated rings. The molecule has 1 aliphatic carbocycles. The number of hydrogen-bond acceptors (Lipinski definition) is 5. The van der Waals surface area contributed by atoms with E-state index in [1.807, 2.05) is 0 Å². The number of carbonyl (C=O) groups is 1. The highest BCUT2D eigenvalue weighted by atomic mass is 19.1. The van der Waals surface area contributed by atoms with Crippen LogP contribution in [-0.2, 0) is 0 Å². The fourth-order valence-electron chi connectivity index (χ4n) is 4.30. The number of pyridine rings is 1. The molecule has 0 unspecified atom stereocenters. The first-order valence-electron chi connectivity index (χ1n) is 10.4. The molecule has 0 atom stereocenters. The molecule has 9 heteroatoms. The first-order chi connectivity index (χ1) is 14.9. The van der Waals surface area contributed by atoms with E-state index in [9.17, 15) is 19.1 Å². The number of methoxy groups -OCH3 is 1. The van der Waals surface area contributed by atoms with E-state index in [1.54, 1.807) is 9.47 Å². The number of carboxylic acid groups (broad SMARTS) is 1. The Hall–Kier alpha value is -2.94. The number of nitrogens with zero attached hydrogens (tertiary/aromatic N) is 2. The maximum absolute atomic E-state index is 15.3. The molecule has 1 saturated heterocycles. The Balaban J connectivity index is 1.85. The SMILES string of the molecule is COc1c(N2CCC(=C(F)CCN)CC2)c(F)cc2c(=O)c(C(=O)O)cn(C3CC3)c12. The zero-order valence-electron chi connectivity index (χ0n) is 17.3. The molecular formula is C22H25F2N3O4. The van der Waals surface area contributed by atoms with Crippen LogP contribution in [0, 0.1) is 5.82 Å². The van der Waals surface area contributed by atoms with E-state index in [-0.39, 0.29) is 41.7 Å². The summed E-state index contributed by atoms with van der Waals surface area (Å²) in [7, 11) is 1.40. The molecule has 1 aliphatic heterocycles. The van der Waals surface area contributed by atoms with E-state index in [0.717, 1.165) is 18.9 Å². The number of benzene rings is 1. The molecule has 2 heterocycles. The Morgan fingerprint density at radius 2 is 2.00 bits per heavy atom. The van der Waals surface area contributed by atoms with Crippen molar-refractivity contribution in [2.75, 3.05) is 31.6 Å². The monoisotopic (exact) mass is 433 g/mol. The summed E-state index contributed by atoms with van der Waals surface area (Å²) in [5.74, 6) is -2.01. The molecule has 1 aromatic heterocycles. The van der Waals surface area contributed by atoms with Crippen molar-refractivity contribution in [3.8, 4) is 5.75 Å². The molecule has 166 valence electrons. The van der Waals surface area contributed by atoms with Crippen LogP contribution in [-0.4, -0.2) is 42.4 Å². The predicted molar refractivity (Wildman–Crippen MR) is 113 cm³/mol. The third-order valence-electron chi connectivity index (χ3n) is 6.00. The molecule has 2 aromatic rings. The Kier molecular flexibility index (Phi) is 5.70. The van der Waals surface area contributed by atoms with Crippen LogP contribution >= 0.6 is 0 Å². The third-order valence-corrected chi connectivity index (χ3v) is 6.00. The van der Waals surface area contributed by atoms with Gasteiger partial charge in [0, 0.05) is 31.7 Å². The van der Waals surface area contributed by atoms with Gasteiger partial charge in [-0.05, 0) is 43.9 Å². The fraction of sp³-hybridized carbons (Fsp3) is 0.455. The minimum absolute atomic E-state index is 0.0171. The average molecular weight is 433 g/mol. The second kappa shape index (κ2) is 8.30. The minimum atomic E-state index is -1.35. The topological polar surface area (TPSA) is 97.8 Å². The lowest BCUT2D eigenvalue weighted by molar-refractivity contribution is 0.0695. The van der Waals surface area contributed by atoms with Crippen LogP contribution in [0.5, 0.6) is 5.75 Å². The maximum atomic E-state index is 15.3. The largest absolute Gasteiger partial charge is 0.492 e. The van der Waals surface area contributed by atoms with Gasteiger partial charge in [0.1, 0.15) is 17.1 Å². The van der Waals surface area contributed by atoms with Crippen LogP contribution in [0.25, 0.3) is 10.9 Å². The van der Waals surface area contributed by atoms with Crippen molar-refractivity contribution in [1.29, 1.82) is 0 Å². The smallest absolute Gasteiger partial charge is 0.341 e. The van der Waals surface area contributed by atoms with Gasteiger partial charge in [-0.25, -0.2) is 13.6 Å². The first-order valence-corrected chi connectivity index (χ1v) is 10.4. The summed E-state index contributed by atoms with van der Waals surface area (Å²) in [6, 6.07) is 1.14. The zero-order valence-corrected chi connectivity index (χ0v) is 17.3. The van der Waals surface area contributed by atoms with Crippen molar-refractivity contribution in [2.24, 2.45) is 5.73 Å². The van der Waals surface area contributed by atoms with Crippen molar-refractivity contribution >= 4 is 22.6 Å². The Morgan fingerprint density at radius 1 is 1.32 bits per heavy atom. The lowest BCUT2D eigenvalue weighted by atomic mass is 10.00. The van der Waals surface area contributed by atoms with Gasteiger partial charge in [0.2, 0.25) is 5.43 Å². The van der Waals surface area contributed by atoms with Gasteiger partial charge in [-0.2, -0.15) is 0 Å². The quantitative estimate of drug-likeness (QED) is 0.725. The number of halogens is 2. The number of aromatic carboxylic acids is 1. The van der Waals surface area contributed by atoms with Crippen molar-refractivity contribution in [3.63, 3.8) is 0 Å². The molecule has 0 radical (unpaired) electrons. The summed E-state index contributed by atoms with van der Waals surface area (Å²) >= 11 is 0. The number of carboxylic acids is 1. The minimum Gasteiger partial charge on any atom is -0.492 e. The number of piperidine rings is 1. The summed E-state index contributed by atoms with van der Waals surface area (Å²) in [6.07, 6.45) is 4.09. The van der Waals surface area contributed by atoms with Crippen LogP contribution in [0.15, 0.2) is 28.5 Å². The van der Waals surface area contributed by atoms with Crippen molar-refractivity contribution in [2.45, 2.75) is 38.1 Å². The number of rotatable bonds is 6. The summed E-state index contributed by atoms with van der Waals surface area (Å²) in [5.41, 5.74) is 5.61. The highest BCUT2D eigenvalue weighted by Gasteiger charge is 2.32. The van der Waals surface area contributed by atoms with Gasteiger partial charge < -0.3 is 25.0 Å². The molecular weight excluding hydrogens is 408 g/mol. The first kappa shape index (κ1) is 21.3. The number of aromatic nitrogens is 1. The third kappa shape index (κ3) is 3.78. The number of anilines is 1. The molecule has 3 N–H and O–H groups in total. The van der Waals surface area contributed by atoms with Crippen LogP contribution in [0.1, 0.15) is 48.5 Å². The Bertz CT molecular complexity index is 1130. The summed E-state index contributed by atoms with van der Waals surface area (Å²) in [4.78, 5) is 26.1. The van der Waals surface area contributed by atoms with Gasteiger partial charge in [-0.1, -0.05) is 0 Å². The van der Waals surface area contributed by atoms with Gasteiger partial charge >= 0.3 is 5.97 Å². The Morgan fingerprint density at radius 3 is 2.55 bits per heavy atom. The van der Waals surface area contributed by atoms with Crippen LogP contribution in [0.2, 0.25) is 0 Å². The molecule has 31 heavy (non-hydrogen) atoms. The van der Waals surface area contributed by atoms with Gasteiger partial charge in [0.25, 0.3) is 0 Å². The molecule has 0 spiro atoms. The number of fused-ring (bicyclic) bond motifs is 1.